The molecule has 1 heterocycles. The molecule has 0 saturated heterocycles. The summed E-state index contributed by atoms with van der Waals surface area (Å²) in [4.78, 5) is 11.8. The molecule has 0 unspecified atom stereocenters. The quantitative estimate of drug-likeness (QED) is 0.661. The van der Waals surface area contributed by atoms with Crippen LogP contribution in [0, 0.1) is 0 Å². The Bertz CT molecular complexity index is 635. The maximum atomic E-state index is 12.6. The first kappa shape index (κ1) is 15.7. The summed E-state index contributed by atoms with van der Waals surface area (Å²) in [5, 5.41) is 5.54. The van der Waals surface area contributed by atoms with Gasteiger partial charge in [-0.05, 0) is 29.7 Å². The zero-order chi connectivity index (χ0) is 15.4. The number of rotatable bonds is 5. The molecule has 0 fully saturated rings. The number of nitrogens with one attached hydrogen (secondary N) is 1. The Hall–Kier alpha value is -1.68. The first-order valence-electron chi connectivity index (χ1n) is 5.44. The number of amides is 1. The lowest BCUT2D eigenvalue weighted by molar-refractivity contribution is 0.101. The van der Waals surface area contributed by atoms with E-state index in [1.807, 2.05) is 0 Å². The summed E-state index contributed by atoms with van der Waals surface area (Å²) >= 11 is 0.860. The number of hydrogen-bond donors (Lipinski definition) is 1. The second-order valence-corrected chi connectivity index (χ2v) is 5.47. The Labute approximate surface area is 124 Å². The highest BCUT2D eigenvalue weighted by Crippen LogP contribution is 2.28. The largest absolute Gasteiger partial charge is 0.321 e. The van der Waals surface area contributed by atoms with Crippen molar-refractivity contribution in [3.8, 4) is 0 Å². The molecule has 1 N–H and O–H groups in total. The molecular formula is C11H7F4N3OS2. The van der Waals surface area contributed by atoms with Crippen molar-refractivity contribution in [1.29, 1.82) is 0 Å². The van der Waals surface area contributed by atoms with E-state index in [1.165, 1.54) is 24.3 Å². The van der Waals surface area contributed by atoms with Gasteiger partial charge in [0, 0.05) is 10.6 Å². The van der Waals surface area contributed by atoms with Crippen LogP contribution in [0.15, 0.2) is 29.2 Å². The SMILES string of the molecule is O=C(Nc1cccc(SC(F)F)c1)c1snnc1C(F)F. The third-order valence-electron chi connectivity index (χ3n) is 2.24. The number of halogens is 4. The lowest BCUT2D eigenvalue weighted by Crippen LogP contribution is -2.12. The molecular weight excluding hydrogens is 330 g/mol. The van der Waals surface area contributed by atoms with Crippen LogP contribution in [-0.2, 0) is 0 Å². The molecule has 0 aliphatic carbocycles. The maximum absolute atomic E-state index is 12.6. The zero-order valence-corrected chi connectivity index (χ0v) is 11.7. The maximum Gasteiger partial charge on any atom is 0.288 e. The van der Waals surface area contributed by atoms with Crippen LogP contribution in [0.5, 0.6) is 0 Å². The third kappa shape index (κ3) is 4.14. The van der Waals surface area contributed by atoms with Crippen molar-refractivity contribution in [1.82, 2.24) is 9.59 Å². The number of hydrogen-bond acceptors (Lipinski definition) is 5. The molecule has 2 aromatic rings. The van der Waals surface area contributed by atoms with E-state index in [0.29, 0.717) is 23.3 Å². The Kier molecular flexibility index (Phi) is 5.12. The van der Waals surface area contributed by atoms with Crippen LogP contribution >= 0.6 is 23.3 Å². The fourth-order valence-electron chi connectivity index (χ4n) is 1.44. The molecule has 1 aromatic carbocycles. The summed E-state index contributed by atoms with van der Waals surface area (Å²) in [6.45, 7) is 0. The fraction of sp³-hybridized carbons (Fsp3) is 0.182. The lowest BCUT2D eigenvalue weighted by Gasteiger charge is -2.06. The molecule has 0 aliphatic rings. The van der Waals surface area contributed by atoms with Crippen molar-refractivity contribution in [3.05, 3.63) is 34.8 Å². The lowest BCUT2D eigenvalue weighted by atomic mass is 10.3. The smallest absolute Gasteiger partial charge is 0.288 e. The molecule has 0 aliphatic heterocycles. The molecule has 0 atom stereocenters. The van der Waals surface area contributed by atoms with Gasteiger partial charge in [-0.2, -0.15) is 8.78 Å². The molecule has 10 heteroatoms. The van der Waals surface area contributed by atoms with Crippen LogP contribution in [0.1, 0.15) is 21.8 Å². The molecule has 0 bridgehead atoms. The summed E-state index contributed by atoms with van der Waals surface area (Å²) < 4.78 is 53.0. The first-order chi connectivity index (χ1) is 9.97. The number of benzene rings is 1. The number of nitrogens with zero attached hydrogens (tertiary/aromatic N) is 2. The highest BCUT2D eigenvalue weighted by atomic mass is 32.2. The summed E-state index contributed by atoms with van der Waals surface area (Å²) in [6.07, 6.45) is -2.91. The van der Waals surface area contributed by atoms with Gasteiger partial charge in [-0.1, -0.05) is 22.3 Å². The Balaban J connectivity index is 2.14. The number of carbonyl (C=O) groups excluding carboxylic acids is 1. The molecule has 2 rings (SSSR count). The van der Waals surface area contributed by atoms with E-state index >= 15 is 0 Å². The Morgan fingerprint density at radius 3 is 2.71 bits per heavy atom. The fourth-order valence-corrected chi connectivity index (χ4v) is 2.56. The van der Waals surface area contributed by atoms with Gasteiger partial charge < -0.3 is 5.32 Å². The van der Waals surface area contributed by atoms with Crippen LogP contribution in [0.2, 0.25) is 0 Å². The third-order valence-corrected chi connectivity index (χ3v) is 3.69. The zero-order valence-electron chi connectivity index (χ0n) is 10.1. The van der Waals surface area contributed by atoms with Gasteiger partial charge in [0.05, 0.1) is 0 Å². The van der Waals surface area contributed by atoms with E-state index in [0.717, 1.165) is 0 Å². The second kappa shape index (κ2) is 6.85. The first-order valence-corrected chi connectivity index (χ1v) is 7.09. The van der Waals surface area contributed by atoms with Crippen LogP contribution in [0.3, 0.4) is 0 Å². The minimum Gasteiger partial charge on any atom is -0.321 e. The van der Waals surface area contributed by atoms with Crippen LogP contribution in [0.4, 0.5) is 23.2 Å². The Morgan fingerprint density at radius 2 is 2.05 bits per heavy atom. The van der Waals surface area contributed by atoms with Crippen molar-refractivity contribution in [2.24, 2.45) is 0 Å². The van der Waals surface area contributed by atoms with E-state index in [-0.39, 0.29) is 15.5 Å². The number of anilines is 1. The van der Waals surface area contributed by atoms with E-state index in [1.54, 1.807) is 0 Å². The summed E-state index contributed by atoms with van der Waals surface area (Å²) in [7, 11) is 0. The van der Waals surface area contributed by atoms with Crippen molar-refractivity contribution in [3.63, 3.8) is 0 Å². The van der Waals surface area contributed by atoms with Crippen LogP contribution in [-0.4, -0.2) is 21.3 Å². The van der Waals surface area contributed by atoms with Gasteiger partial charge in [0.2, 0.25) is 0 Å². The molecule has 0 radical (unpaired) electrons. The standard InChI is InChI=1S/C11H7F4N3OS2/c12-9(13)7-8(21-18-17-7)10(19)16-5-2-1-3-6(4-5)20-11(14)15/h1-4,9,11H,(H,16,19). The molecule has 112 valence electrons. The van der Waals surface area contributed by atoms with E-state index in [4.69, 9.17) is 0 Å². The molecule has 1 amide bonds. The number of thioether (sulfide) groups is 1. The minimum absolute atomic E-state index is 0.222. The van der Waals surface area contributed by atoms with Crippen molar-refractivity contribution >= 4 is 34.9 Å². The van der Waals surface area contributed by atoms with Gasteiger partial charge in [0.1, 0.15) is 4.88 Å². The average Bonchev–Trinajstić information content (AvgIpc) is 2.87. The molecule has 21 heavy (non-hydrogen) atoms. The highest BCUT2D eigenvalue weighted by molar-refractivity contribution is 7.99. The van der Waals surface area contributed by atoms with Crippen LogP contribution in [0.25, 0.3) is 0 Å². The summed E-state index contributed by atoms with van der Waals surface area (Å²) in [5.74, 6) is -3.40. The van der Waals surface area contributed by atoms with E-state index in [2.05, 4.69) is 14.9 Å². The van der Waals surface area contributed by atoms with Gasteiger partial charge >= 0.3 is 0 Å². The van der Waals surface area contributed by atoms with Gasteiger partial charge in [-0.25, -0.2) is 8.78 Å². The average molecular weight is 337 g/mol. The van der Waals surface area contributed by atoms with Gasteiger partial charge in [-0.3, -0.25) is 4.79 Å². The van der Waals surface area contributed by atoms with Crippen LogP contribution < -0.4 is 5.32 Å². The molecule has 4 nitrogen and oxygen atoms in total. The summed E-state index contributed by atoms with van der Waals surface area (Å²) in [6, 6.07) is 5.71. The number of alkyl halides is 4. The second-order valence-electron chi connectivity index (χ2n) is 3.65. The topological polar surface area (TPSA) is 54.9 Å². The normalized spacial score (nSPS) is 11.1. The molecule has 1 aromatic heterocycles. The van der Waals surface area contributed by atoms with Crippen molar-refractivity contribution in [2.45, 2.75) is 17.1 Å². The molecule has 0 saturated carbocycles. The monoisotopic (exact) mass is 337 g/mol. The summed E-state index contributed by atoms with van der Waals surface area (Å²) in [5.41, 5.74) is -0.477. The predicted molar refractivity (Wildman–Crippen MR) is 71.1 cm³/mol. The number of aromatic nitrogens is 2. The predicted octanol–water partition coefficient (Wildman–Crippen LogP) is 4.04. The minimum atomic E-state index is -2.91. The Morgan fingerprint density at radius 1 is 1.29 bits per heavy atom. The van der Waals surface area contributed by atoms with Gasteiger partial charge in [-0.15, -0.1) is 5.10 Å². The van der Waals surface area contributed by atoms with E-state index < -0.39 is 23.8 Å². The van der Waals surface area contributed by atoms with Crippen molar-refractivity contribution in [2.75, 3.05) is 5.32 Å². The van der Waals surface area contributed by atoms with E-state index in [9.17, 15) is 22.4 Å². The van der Waals surface area contributed by atoms with Gasteiger partial charge in [0.25, 0.3) is 18.1 Å². The highest BCUT2D eigenvalue weighted by Gasteiger charge is 2.23. The number of carbonyl (C=O) groups is 1. The molecule has 0 spiro atoms. The van der Waals surface area contributed by atoms with Crippen molar-refractivity contribution < 1.29 is 22.4 Å². The van der Waals surface area contributed by atoms with Gasteiger partial charge in [0.15, 0.2) is 5.69 Å².